The Morgan fingerprint density at radius 3 is 2.56 bits per heavy atom. The highest BCUT2D eigenvalue weighted by Crippen LogP contribution is 2.18. The van der Waals surface area contributed by atoms with Gasteiger partial charge in [-0.15, -0.1) is 24.0 Å². The van der Waals surface area contributed by atoms with Gasteiger partial charge in [-0.2, -0.15) is 0 Å². The van der Waals surface area contributed by atoms with E-state index in [-0.39, 0.29) is 24.6 Å². The first-order valence-corrected chi connectivity index (χ1v) is 6.28. The summed E-state index contributed by atoms with van der Waals surface area (Å²) in [6.07, 6.45) is 0.536. The molecule has 0 aromatic heterocycles. The Balaban J connectivity index is 0.00000225. The van der Waals surface area contributed by atoms with Crippen molar-refractivity contribution in [2.75, 3.05) is 32.6 Å². The number of halogens is 2. The molecule has 0 aromatic carbocycles. The second kappa shape index (κ2) is 7.72. The van der Waals surface area contributed by atoms with E-state index in [1.54, 1.807) is 0 Å². The Kier molecular flexibility index (Phi) is 7.94. The van der Waals surface area contributed by atoms with Gasteiger partial charge in [-0.1, -0.05) is 6.92 Å². The Morgan fingerprint density at radius 1 is 1.44 bits per heavy atom. The monoisotopic (exact) mass is 270 g/mol. The molecule has 0 bridgehead atoms. The molecular formula is C11H24Cl2N2O. The van der Waals surface area contributed by atoms with Crippen LogP contribution in [0.5, 0.6) is 0 Å². The van der Waals surface area contributed by atoms with Crippen LogP contribution in [0.3, 0.4) is 0 Å². The molecule has 3 atom stereocenters. The average molecular weight is 271 g/mol. The number of piperazine rings is 1. The summed E-state index contributed by atoms with van der Waals surface area (Å²) in [5, 5.41) is 10.2. The van der Waals surface area contributed by atoms with Crippen LogP contribution in [0, 0.1) is 5.92 Å². The van der Waals surface area contributed by atoms with Crippen LogP contribution in [0.4, 0.5) is 0 Å². The van der Waals surface area contributed by atoms with E-state index in [2.05, 4.69) is 30.7 Å². The molecule has 0 amide bonds. The fraction of sp³-hybridized carbons (Fsp3) is 1.00. The molecule has 0 radical (unpaired) electrons. The zero-order chi connectivity index (χ0) is 11.4. The number of likely N-dealkylation sites (N-methyl/N-ethyl adjacent to an activating group) is 1. The van der Waals surface area contributed by atoms with E-state index < -0.39 is 0 Å². The minimum atomic E-state index is -0.340. The number of nitrogens with zero attached hydrogens (tertiary/aromatic N) is 2. The summed E-state index contributed by atoms with van der Waals surface area (Å²) in [4.78, 5) is 4.50. The quantitative estimate of drug-likeness (QED) is 0.787. The van der Waals surface area contributed by atoms with Crippen LogP contribution in [-0.4, -0.2) is 59.7 Å². The van der Waals surface area contributed by atoms with Gasteiger partial charge in [-0.05, 0) is 26.3 Å². The number of alkyl halides is 1. The highest BCUT2D eigenvalue weighted by Gasteiger charge is 2.29. The third-order valence-electron chi connectivity index (χ3n) is 3.30. The van der Waals surface area contributed by atoms with Gasteiger partial charge in [0.05, 0.1) is 0 Å². The SMILES string of the molecule is CC(CCCl)C(O)N1CCN(C)CC1C.Cl. The Morgan fingerprint density at radius 2 is 2.06 bits per heavy atom. The molecule has 1 fully saturated rings. The second-order valence-corrected chi connectivity index (χ2v) is 5.10. The van der Waals surface area contributed by atoms with Crippen molar-refractivity contribution in [3.05, 3.63) is 0 Å². The lowest BCUT2D eigenvalue weighted by Crippen LogP contribution is -2.55. The predicted octanol–water partition coefficient (Wildman–Crippen LogP) is 1.63. The van der Waals surface area contributed by atoms with Crippen molar-refractivity contribution in [1.29, 1.82) is 0 Å². The predicted molar refractivity (Wildman–Crippen MR) is 71.4 cm³/mol. The van der Waals surface area contributed by atoms with Crippen molar-refractivity contribution >= 4 is 24.0 Å². The fourth-order valence-electron chi connectivity index (χ4n) is 2.19. The lowest BCUT2D eigenvalue weighted by Gasteiger charge is -2.42. The molecule has 0 spiro atoms. The average Bonchev–Trinajstić information content (AvgIpc) is 2.17. The van der Waals surface area contributed by atoms with Crippen molar-refractivity contribution in [2.24, 2.45) is 5.92 Å². The molecule has 0 saturated carbocycles. The normalized spacial score (nSPS) is 27.2. The van der Waals surface area contributed by atoms with Crippen molar-refractivity contribution in [1.82, 2.24) is 9.80 Å². The summed E-state index contributed by atoms with van der Waals surface area (Å²) in [6.45, 7) is 7.26. The smallest absolute Gasteiger partial charge is 0.110 e. The molecular weight excluding hydrogens is 247 g/mol. The van der Waals surface area contributed by atoms with E-state index in [0.717, 1.165) is 26.1 Å². The highest BCUT2D eigenvalue weighted by molar-refractivity contribution is 6.17. The minimum absolute atomic E-state index is 0. The highest BCUT2D eigenvalue weighted by atomic mass is 35.5. The van der Waals surface area contributed by atoms with Crippen molar-refractivity contribution < 1.29 is 5.11 Å². The van der Waals surface area contributed by atoms with E-state index in [9.17, 15) is 5.11 Å². The molecule has 5 heteroatoms. The maximum absolute atomic E-state index is 10.2. The van der Waals surface area contributed by atoms with Gasteiger partial charge >= 0.3 is 0 Å². The number of aliphatic hydroxyl groups excluding tert-OH is 1. The Hall–Kier alpha value is 0.460. The molecule has 0 aliphatic carbocycles. The van der Waals surface area contributed by atoms with Crippen LogP contribution in [0.2, 0.25) is 0 Å². The van der Waals surface area contributed by atoms with E-state index in [0.29, 0.717) is 11.9 Å². The molecule has 1 N–H and O–H groups in total. The number of hydrogen-bond acceptors (Lipinski definition) is 3. The third kappa shape index (κ3) is 4.38. The number of aliphatic hydroxyl groups is 1. The molecule has 3 unspecified atom stereocenters. The molecule has 16 heavy (non-hydrogen) atoms. The topological polar surface area (TPSA) is 26.7 Å². The molecule has 1 heterocycles. The van der Waals surface area contributed by atoms with Gasteiger partial charge in [0.1, 0.15) is 6.23 Å². The molecule has 1 rings (SSSR count). The fourth-order valence-corrected chi connectivity index (χ4v) is 2.54. The maximum atomic E-state index is 10.2. The lowest BCUT2D eigenvalue weighted by molar-refractivity contribution is -0.0790. The summed E-state index contributed by atoms with van der Waals surface area (Å²) in [5.74, 6) is 0.883. The Labute approximate surface area is 110 Å². The summed E-state index contributed by atoms with van der Waals surface area (Å²) in [6, 6.07) is 0.427. The first-order valence-electron chi connectivity index (χ1n) is 5.74. The number of rotatable bonds is 4. The molecule has 1 aliphatic rings. The first-order chi connectivity index (χ1) is 7.06. The van der Waals surface area contributed by atoms with Crippen molar-refractivity contribution in [3.8, 4) is 0 Å². The van der Waals surface area contributed by atoms with Crippen molar-refractivity contribution in [3.63, 3.8) is 0 Å². The Bertz CT molecular complexity index is 195. The molecule has 1 saturated heterocycles. The zero-order valence-electron chi connectivity index (χ0n) is 10.4. The standard InChI is InChI=1S/C11H23ClN2O.ClH/c1-9(4-5-12)11(15)14-7-6-13(3)8-10(14)2;/h9-11,15H,4-8H2,1-3H3;1H. The largest absolute Gasteiger partial charge is 0.378 e. The van der Waals surface area contributed by atoms with Crippen LogP contribution in [0.15, 0.2) is 0 Å². The molecule has 1 aliphatic heterocycles. The van der Waals surface area contributed by atoms with Gasteiger partial charge in [0, 0.05) is 31.6 Å². The van der Waals surface area contributed by atoms with Gasteiger partial charge in [-0.3, -0.25) is 4.90 Å². The third-order valence-corrected chi connectivity index (χ3v) is 3.51. The summed E-state index contributed by atoms with van der Waals surface area (Å²) < 4.78 is 0. The van der Waals surface area contributed by atoms with Gasteiger partial charge in [-0.25, -0.2) is 0 Å². The van der Waals surface area contributed by atoms with Gasteiger partial charge < -0.3 is 10.0 Å². The molecule has 3 nitrogen and oxygen atoms in total. The van der Waals surface area contributed by atoms with Crippen molar-refractivity contribution in [2.45, 2.75) is 32.5 Å². The summed E-state index contributed by atoms with van der Waals surface area (Å²) >= 11 is 5.70. The van der Waals surface area contributed by atoms with Crippen LogP contribution >= 0.6 is 24.0 Å². The summed E-state index contributed by atoms with van der Waals surface area (Å²) in [7, 11) is 2.13. The van der Waals surface area contributed by atoms with Crippen LogP contribution in [0.25, 0.3) is 0 Å². The molecule has 98 valence electrons. The van der Waals surface area contributed by atoms with E-state index >= 15 is 0 Å². The van der Waals surface area contributed by atoms with Crippen LogP contribution in [0.1, 0.15) is 20.3 Å². The van der Waals surface area contributed by atoms with Gasteiger partial charge in [0.25, 0.3) is 0 Å². The van der Waals surface area contributed by atoms with Crippen LogP contribution < -0.4 is 0 Å². The van der Waals surface area contributed by atoms with E-state index in [4.69, 9.17) is 11.6 Å². The van der Waals surface area contributed by atoms with E-state index in [1.807, 2.05) is 0 Å². The summed E-state index contributed by atoms with van der Waals surface area (Å²) in [5.41, 5.74) is 0. The second-order valence-electron chi connectivity index (χ2n) is 4.72. The maximum Gasteiger partial charge on any atom is 0.110 e. The van der Waals surface area contributed by atoms with Gasteiger partial charge in [0.15, 0.2) is 0 Å². The minimum Gasteiger partial charge on any atom is -0.378 e. The molecule has 0 aromatic rings. The number of hydrogen-bond donors (Lipinski definition) is 1. The lowest BCUT2D eigenvalue weighted by atomic mass is 10.0. The zero-order valence-corrected chi connectivity index (χ0v) is 12.0. The first kappa shape index (κ1) is 16.5. The van der Waals surface area contributed by atoms with Gasteiger partial charge in [0.2, 0.25) is 0 Å². The van der Waals surface area contributed by atoms with E-state index in [1.165, 1.54) is 0 Å². The van der Waals surface area contributed by atoms with Crippen LogP contribution in [-0.2, 0) is 0 Å².